The Morgan fingerprint density at radius 1 is 0.939 bits per heavy atom. The summed E-state index contributed by atoms with van der Waals surface area (Å²) in [6, 6.07) is 13.8. The lowest BCUT2D eigenvalue weighted by atomic mass is 9.86. The largest absolute Gasteiger partial charge is 0.369 e. The first-order valence-corrected chi connectivity index (χ1v) is 12.7. The van der Waals surface area contributed by atoms with Gasteiger partial charge in [0.1, 0.15) is 5.82 Å². The fourth-order valence-corrected chi connectivity index (χ4v) is 6.02. The zero-order valence-electron chi connectivity index (χ0n) is 19.8. The molecular weight excluding hydrogens is 413 g/mol. The molecule has 2 aliphatic heterocycles. The van der Waals surface area contributed by atoms with Crippen LogP contribution in [0.3, 0.4) is 0 Å². The van der Waals surface area contributed by atoms with Crippen LogP contribution in [0.25, 0.3) is 0 Å². The van der Waals surface area contributed by atoms with Crippen LogP contribution >= 0.6 is 0 Å². The minimum absolute atomic E-state index is 0.171. The number of halogens is 1. The molecule has 1 amide bonds. The van der Waals surface area contributed by atoms with E-state index in [0.717, 1.165) is 75.3 Å². The summed E-state index contributed by atoms with van der Waals surface area (Å²) in [6.07, 6.45) is 7.76. The summed E-state index contributed by atoms with van der Waals surface area (Å²) in [5, 5.41) is 0. The van der Waals surface area contributed by atoms with Gasteiger partial charge in [0.05, 0.1) is 0 Å². The first-order valence-electron chi connectivity index (χ1n) is 12.7. The van der Waals surface area contributed by atoms with Gasteiger partial charge in [-0.1, -0.05) is 43.5 Å². The Morgan fingerprint density at radius 3 is 2.48 bits per heavy atom. The van der Waals surface area contributed by atoms with Gasteiger partial charge in [-0.15, -0.1) is 0 Å². The number of amides is 1. The smallest absolute Gasteiger partial charge is 0.230 e. The normalized spacial score (nSPS) is 22.3. The predicted octanol–water partition coefficient (Wildman–Crippen LogP) is 5.18. The molecule has 0 bridgehead atoms. The molecule has 1 saturated heterocycles. The number of hydrogen-bond donors (Lipinski definition) is 0. The molecular formula is C28H36FN3O. The molecule has 5 rings (SSSR count). The number of carbonyl (C=O) groups is 1. The van der Waals surface area contributed by atoms with E-state index >= 15 is 0 Å². The summed E-state index contributed by atoms with van der Waals surface area (Å²) < 4.78 is 13.8. The van der Waals surface area contributed by atoms with E-state index in [-0.39, 0.29) is 17.8 Å². The van der Waals surface area contributed by atoms with Crippen LogP contribution in [0, 0.1) is 18.7 Å². The van der Waals surface area contributed by atoms with Gasteiger partial charge < -0.3 is 9.80 Å². The van der Waals surface area contributed by atoms with Crippen molar-refractivity contribution in [3.63, 3.8) is 0 Å². The summed E-state index contributed by atoms with van der Waals surface area (Å²) in [5.74, 6) is 0.358. The number of benzene rings is 2. The van der Waals surface area contributed by atoms with Gasteiger partial charge in [0.2, 0.25) is 5.91 Å². The van der Waals surface area contributed by atoms with Crippen LogP contribution in [-0.4, -0.2) is 49.6 Å². The van der Waals surface area contributed by atoms with E-state index in [9.17, 15) is 9.18 Å². The molecule has 3 aliphatic rings. The second-order valence-electron chi connectivity index (χ2n) is 10.1. The Morgan fingerprint density at radius 2 is 1.70 bits per heavy atom. The van der Waals surface area contributed by atoms with Crippen LogP contribution in [0.4, 0.5) is 15.8 Å². The summed E-state index contributed by atoms with van der Waals surface area (Å²) >= 11 is 0. The molecule has 176 valence electrons. The zero-order chi connectivity index (χ0) is 22.8. The molecule has 0 N–H and O–H groups in total. The fourth-order valence-electron chi connectivity index (χ4n) is 6.02. The molecule has 2 heterocycles. The van der Waals surface area contributed by atoms with Crippen LogP contribution in [0.1, 0.15) is 49.7 Å². The molecule has 1 saturated carbocycles. The van der Waals surface area contributed by atoms with Crippen molar-refractivity contribution in [2.75, 3.05) is 42.5 Å². The highest BCUT2D eigenvalue weighted by Gasteiger charge is 2.36. The van der Waals surface area contributed by atoms with E-state index in [1.54, 1.807) is 6.07 Å². The van der Waals surface area contributed by atoms with Crippen LogP contribution in [0.15, 0.2) is 42.5 Å². The summed E-state index contributed by atoms with van der Waals surface area (Å²) in [6.45, 7) is 6.64. The molecule has 0 aromatic heterocycles. The molecule has 0 spiro atoms. The van der Waals surface area contributed by atoms with E-state index in [4.69, 9.17) is 0 Å². The number of nitrogens with zero attached hydrogens (tertiary/aromatic N) is 3. The molecule has 4 nitrogen and oxygen atoms in total. The Hall–Kier alpha value is -2.40. The van der Waals surface area contributed by atoms with Gasteiger partial charge in [-0.3, -0.25) is 9.69 Å². The van der Waals surface area contributed by atoms with Gasteiger partial charge in [0.25, 0.3) is 0 Å². The first-order chi connectivity index (χ1) is 16.1. The fraction of sp³-hybridized carbons (Fsp3) is 0.536. The predicted molar refractivity (Wildman–Crippen MR) is 132 cm³/mol. The number of carbonyl (C=O) groups excluding carboxylic acids is 1. The summed E-state index contributed by atoms with van der Waals surface area (Å²) in [4.78, 5) is 20.7. The van der Waals surface area contributed by atoms with Crippen molar-refractivity contribution in [2.45, 2.75) is 57.9 Å². The number of piperazine rings is 1. The Balaban J connectivity index is 1.29. The van der Waals surface area contributed by atoms with Gasteiger partial charge in [0, 0.05) is 56.1 Å². The lowest BCUT2D eigenvalue weighted by Crippen LogP contribution is -2.55. The standard InChI is InChI=1S/C28H36FN3O/c1-21-11-13-24(29)19-27(21)31-17-15-30(16-18-31)20-25-14-12-22-7-5-6-10-26(22)32(25)28(33)23-8-3-2-4-9-23/h5-7,10-11,13,19,23,25H,2-4,8-9,12,14-18,20H2,1H3. The quantitative estimate of drug-likeness (QED) is 0.643. The second-order valence-corrected chi connectivity index (χ2v) is 10.1. The average Bonchev–Trinajstić information content (AvgIpc) is 2.86. The van der Waals surface area contributed by atoms with Crippen molar-refractivity contribution < 1.29 is 9.18 Å². The SMILES string of the molecule is Cc1ccc(F)cc1N1CCN(CC2CCc3ccccc3N2C(=O)C2CCCCC2)CC1. The Bertz CT molecular complexity index is 979. The highest BCUT2D eigenvalue weighted by Crippen LogP contribution is 2.35. The van der Waals surface area contributed by atoms with Crippen LogP contribution in [0.2, 0.25) is 0 Å². The van der Waals surface area contributed by atoms with Gasteiger partial charge >= 0.3 is 0 Å². The van der Waals surface area contributed by atoms with Gasteiger partial charge in [-0.05, 0) is 61.9 Å². The highest BCUT2D eigenvalue weighted by molar-refractivity contribution is 5.97. The molecule has 2 aromatic rings. The van der Waals surface area contributed by atoms with Gasteiger partial charge in [-0.2, -0.15) is 0 Å². The topological polar surface area (TPSA) is 26.8 Å². The third-order valence-electron chi connectivity index (χ3n) is 7.91. The first kappa shape index (κ1) is 22.4. The average molecular weight is 450 g/mol. The van der Waals surface area contributed by atoms with Crippen LogP contribution in [-0.2, 0) is 11.2 Å². The Labute approximate surface area is 197 Å². The number of anilines is 2. The third-order valence-corrected chi connectivity index (χ3v) is 7.91. The molecule has 0 radical (unpaired) electrons. The van der Waals surface area contributed by atoms with Crippen molar-refractivity contribution in [1.82, 2.24) is 4.90 Å². The van der Waals surface area contributed by atoms with Crippen molar-refractivity contribution in [2.24, 2.45) is 5.92 Å². The van der Waals surface area contributed by atoms with Crippen LogP contribution in [0.5, 0.6) is 0 Å². The summed E-state index contributed by atoms with van der Waals surface area (Å²) in [7, 11) is 0. The van der Waals surface area contributed by atoms with Crippen molar-refractivity contribution in [3.05, 3.63) is 59.4 Å². The summed E-state index contributed by atoms with van der Waals surface area (Å²) in [5.41, 5.74) is 4.58. The van der Waals surface area contributed by atoms with Gasteiger partial charge in [-0.25, -0.2) is 4.39 Å². The van der Waals surface area contributed by atoms with Crippen molar-refractivity contribution >= 4 is 17.3 Å². The lowest BCUT2D eigenvalue weighted by Gasteiger charge is -2.44. The van der Waals surface area contributed by atoms with Gasteiger partial charge in [0.15, 0.2) is 0 Å². The van der Waals surface area contributed by atoms with E-state index in [2.05, 4.69) is 45.9 Å². The van der Waals surface area contributed by atoms with Crippen LogP contribution < -0.4 is 9.80 Å². The minimum atomic E-state index is -0.171. The lowest BCUT2D eigenvalue weighted by molar-refractivity contribution is -0.124. The monoisotopic (exact) mass is 449 g/mol. The number of para-hydroxylation sites is 1. The number of aryl methyl sites for hydroxylation is 2. The highest BCUT2D eigenvalue weighted by atomic mass is 19.1. The molecule has 1 atom stereocenters. The third kappa shape index (κ3) is 4.79. The van der Waals surface area contributed by atoms with E-state index in [0.29, 0.717) is 5.91 Å². The van der Waals surface area contributed by atoms with E-state index in [1.807, 2.05) is 6.07 Å². The van der Waals surface area contributed by atoms with Crippen molar-refractivity contribution in [1.29, 1.82) is 0 Å². The molecule has 1 aliphatic carbocycles. The zero-order valence-corrected chi connectivity index (χ0v) is 19.8. The van der Waals surface area contributed by atoms with Crippen molar-refractivity contribution in [3.8, 4) is 0 Å². The molecule has 5 heteroatoms. The maximum absolute atomic E-state index is 13.8. The molecule has 2 aromatic carbocycles. The number of hydrogen-bond acceptors (Lipinski definition) is 3. The molecule has 1 unspecified atom stereocenters. The van der Waals surface area contributed by atoms with E-state index < -0.39 is 0 Å². The Kier molecular flexibility index (Phi) is 6.68. The minimum Gasteiger partial charge on any atom is -0.369 e. The second kappa shape index (κ2) is 9.84. The maximum atomic E-state index is 13.8. The number of fused-ring (bicyclic) bond motifs is 1. The molecule has 2 fully saturated rings. The number of rotatable bonds is 4. The maximum Gasteiger partial charge on any atom is 0.230 e. The van der Waals surface area contributed by atoms with E-state index in [1.165, 1.54) is 30.9 Å². The molecule has 33 heavy (non-hydrogen) atoms.